The van der Waals surface area contributed by atoms with Crippen molar-refractivity contribution < 1.29 is 22.7 Å². The first kappa shape index (κ1) is 11.0. The Kier molecular flexibility index (Phi) is 2.54. The second kappa shape index (κ2) is 3.24. The zero-order valence-corrected chi connectivity index (χ0v) is 7.19. The molecule has 0 aliphatic heterocycles. The van der Waals surface area contributed by atoms with E-state index in [1.54, 1.807) is 0 Å². The number of hydrogen-bond donors (Lipinski definition) is 1. The van der Waals surface area contributed by atoms with E-state index in [9.17, 15) is 17.6 Å². The van der Waals surface area contributed by atoms with Crippen LogP contribution in [0, 0.1) is 11.9 Å². The predicted molar refractivity (Wildman–Crippen MR) is 40.9 cm³/mol. The molecule has 1 radical (unpaired) electrons. The molecule has 0 aliphatic rings. The molecule has 0 heterocycles. The molecule has 0 saturated carbocycles. The summed E-state index contributed by atoms with van der Waals surface area (Å²) in [5.41, 5.74) is -4.48. The van der Waals surface area contributed by atoms with Gasteiger partial charge in [0, 0.05) is 5.56 Å². The van der Waals surface area contributed by atoms with Crippen LogP contribution in [0.2, 0.25) is 0 Å². The van der Waals surface area contributed by atoms with E-state index in [-0.39, 0.29) is 0 Å². The number of alkyl halides is 3. The minimum absolute atomic E-state index is 0.391. The average Bonchev–Trinajstić information content (AvgIpc) is 2.02. The number of hydrogen-bond acceptors (Lipinski definition) is 1. The van der Waals surface area contributed by atoms with E-state index in [0.29, 0.717) is 6.92 Å². The van der Waals surface area contributed by atoms with Gasteiger partial charge in [0.15, 0.2) is 0 Å². The van der Waals surface area contributed by atoms with Gasteiger partial charge in [-0.25, -0.2) is 8.78 Å². The zero-order valence-electron chi connectivity index (χ0n) is 7.19. The molecular formula is C9H7F4O. The van der Waals surface area contributed by atoms with Gasteiger partial charge in [0.05, 0.1) is 0 Å². The molecule has 1 nitrogen and oxygen atoms in total. The third-order valence-corrected chi connectivity index (χ3v) is 1.84. The summed E-state index contributed by atoms with van der Waals surface area (Å²) >= 11 is 0. The maximum atomic E-state index is 13.3. The smallest absolute Gasteiger partial charge is 0.334 e. The lowest BCUT2D eigenvalue weighted by Crippen LogP contribution is -2.39. The van der Waals surface area contributed by atoms with Crippen molar-refractivity contribution in [1.29, 1.82) is 0 Å². The van der Waals surface area contributed by atoms with Crippen molar-refractivity contribution in [2.45, 2.75) is 18.7 Å². The van der Waals surface area contributed by atoms with Crippen molar-refractivity contribution >= 4 is 0 Å². The lowest BCUT2D eigenvalue weighted by molar-refractivity contribution is -0.282. The fraction of sp³-hybridized carbons (Fsp3) is 0.333. The van der Waals surface area contributed by atoms with E-state index in [2.05, 4.69) is 0 Å². The van der Waals surface area contributed by atoms with Gasteiger partial charge in [-0.2, -0.15) is 8.78 Å². The van der Waals surface area contributed by atoms with Gasteiger partial charge in [0.1, 0.15) is 5.82 Å². The maximum Gasteiger partial charge on any atom is 0.391 e. The van der Waals surface area contributed by atoms with Gasteiger partial charge in [0.25, 0.3) is 0 Å². The minimum atomic E-state index is -4.65. The summed E-state index contributed by atoms with van der Waals surface area (Å²) in [6.07, 6.45) is -4.65. The third-order valence-electron chi connectivity index (χ3n) is 1.84. The van der Waals surface area contributed by atoms with Crippen LogP contribution in [0.5, 0.6) is 0 Å². The zero-order chi connectivity index (χ0) is 11.0. The normalized spacial score (nSPS) is 16.4. The van der Waals surface area contributed by atoms with E-state index >= 15 is 0 Å². The molecule has 1 unspecified atom stereocenters. The van der Waals surface area contributed by atoms with Crippen molar-refractivity contribution in [3.05, 3.63) is 35.6 Å². The Hall–Kier alpha value is -1.10. The second-order valence-electron chi connectivity index (χ2n) is 2.94. The van der Waals surface area contributed by atoms with Gasteiger partial charge >= 0.3 is 6.11 Å². The second-order valence-corrected chi connectivity index (χ2v) is 2.94. The van der Waals surface area contributed by atoms with Crippen LogP contribution in [-0.2, 0) is 5.67 Å². The highest BCUT2D eigenvalue weighted by molar-refractivity contribution is 5.23. The first-order chi connectivity index (χ1) is 6.27. The van der Waals surface area contributed by atoms with Crippen molar-refractivity contribution in [2.24, 2.45) is 0 Å². The molecule has 77 valence electrons. The largest absolute Gasteiger partial charge is 0.391 e. The highest BCUT2D eigenvalue weighted by atomic mass is 19.3. The summed E-state index contributed by atoms with van der Waals surface area (Å²) in [5, 5.41) is 8.23. The van der Waals surface area contributed by atoms with Crippen LogP contribution in [-0.4, -0.2) is 11.2 Å². The van der Waals surface area contributed by atoms with Gasteiger partial charge in [-0.1, -0.05) is 12.1 Å². The maximum absolute atomic E-state index is 13.3. The standard InChI is InChI=1S/C9H7F4O/c1-8(11,9(12,13)14)6-4-2-3-5-7(6)10/h2-3,5,14H,1H3. The monoisotopic (exact) mass is 207 g/mol. The van der Waals surface area contributed by atoms with Gasteiger partial charge in [-0.05, 0) is 19.1 Å². The van der Waals surface area contributed by atoms with Gasteiger partial charge < -0.3 is 5.11 Å². The fourth-order valence-electron chi connectivity index (χ4n) is 0.926. The van der Waals surface area contributed by atoms with E-state index in [1.165, 1.54) is 6.07 Å². The number of halogens is 4. The topological polar surface area (TPSA) is 20.2 Å². The molecule has 1 N–H and O–H groups in total. The first-order valence-electron chi connectivity index (χ1n) is 3.72. The molecule has 14 heavy (non-hydrogen) atoms. The lowest BCUT2D eigenvalue weighted by Gasteiger charge is -2.25. The van der Waals surface area contributed by atoms with E-state index in [0.717, 1.165) is 12.1 Å². The minimum Gasteiger partial charge on any atom is -0.334 e. The van der Waals surface area contributed by atoms with Gasteiger partial charge in [-0.15, -0.1) is 0 Å². The van der Waals surface area contributed by atoms with Crippen molar-refractivity contribution in [3.63, 3.8) is 0 Å². The van der Waals surface area contributed by atoms with Crippen molar-refractivity contribution in [1.82, 2.24) is 0 Å². The van der Waals surface area contributed by atoms with Gasteiger partial charge in [0.2, 0.25) is 5.67 Å². The van der Waals surface area contributed by atoms with Crippen LogP contribution in [0.15, 0.2) is 18.2 Å². The van der Waals surface area contributed by atoms with Crippen LogP contribution in [0.1, 0.15) is 12.5 Å². The molecule has 0 saturated heterocycles. The van der Waals surface area contributed by atoms with Gasteiger partial charge in [-0.3, -0.25) is 0 Å². The number of benzene rings is 1. The quantitative estimate of drug-likeness (QED) is 0.738. The lowest BCUT2D eigenvalue weighted by atomic mass is 9.96. The summed E-state index contributed by atoms with van der Waals surface area (Å²) in [7, 11) is 0. The molecule has 1 atom stereocenters. The molecule has 0 aliphatic carbocycles. The summed E-state index contributed by atoms with van der Waals surface area (Å²) < 4.78 is 50.9. The number of rotatable bonds is 2. The molecule has 0 fully saturated rings. The van der Waals surface area contributed by atoms with E-state index in [4.69, 9.17) is 5.11 Å². The Morgan fingerprint density at radius 3 is 2.36 bits per heavy atom. The Bertz CT molecular complexity index is 330. The summed E-state index contributed by atoms with van der Waals surface area (Å²) in [6, 6.07) is 5.08. The van der Waals surface area contributed by atoms with E-state index in [1.807, 2.05) is 6.07 Å². The van der Waals surface area contributed by atoms with Crippen molar-refractivity contribution in [3.8, 4) is 0 Å². The molecule has 1 aromatic rings. The summed E-state index contributed by atoms with van der Waals surface area (Å²) in [5.74, 6) is -1.17. The molecule has 0 amide bonds. The predicted octanol–water partition coefficient (Wildman–Crippen LogP) is 2.40. The summed E-state index contributed by atoms with van der Waals surface area (Å²) in [6.45, 7) is 0.391. The van der Waals surface area contributed by atoms with Crippen LogP contribution in [0.25, 0.3) is 0 Å². The van der Waals surface area contributed by atoms with E-state index < -0.39 is 23.2 Å². The summed E-state index contributed by atoms with van der Waals surface area (Å²) in [4.78, 5) is 0. The SMILES string of the molecule is CC(F)(c1[c]cccc1F)C(O)(F)F. The highest BCUT2D eigenvalue weighted by Crippen LogP contribution is 2.39. The average molecular weight is 207 g/mol. The number of aliphatic hydroxyl groups is 1. The van der Waals surface area contributed by atoms with Crippen LogP contribution in [0.4, 0.5) is 17.6 Å². The fourth-order valence-corrected chi connectivity index (χ4v) is 0.926. The van der Waals surface area contributed by atoms with Crippen LogP contribution < -0.4 is 0 Å². The molecular weight excluding hydrogens is 200 g/mol. The molecule has 0 spiro atoms. The Balaban J connectivity index is 3.23. The van der Waals surface area contributed by atoms with Crippen LogP contribution in [0.3, 0.4) is 0 Å². The highest BCUT2D eigenvalue weighted by Gasteiger charge is 2.52. The molecule has 0 bridgehead atoms. The molecule has 0 aromatic heterocycles. The Labute approximate surface area is 78.0 Å². The first-order valence-corrected chi connectivity index (χ1v) is 3.72. The van der Waals surface area contributed by atoms with Crippen molar-refractivity contribution in [2.75, 3.05) is 0 Å². The van der Waals surface area contributed by atoms with Crippen LogP contribution >= 0.6 is 0 Å². The Morgan fingerprint density at radius 2 is 1.93 bits per heavy atom. The molecule has 5 heteroatoms. The Morgan fingerprint density at radius 1 is 1.36 bits per heavy atom. The molecule has 1 aromatic carbocycles. The molecule has 1 rings (SSSR count). The third kappa shape index (κ3) is 1.72.